The van der Waals surface area contributed by atoms with Gasteiger partial charge < -0.3 is 10.6 Å². The minimum absolute atomic E-state index is 0.129. The molecule has 3 rings (SSSR count). The van der Waals surface area contributed by atoms with Gasteiger partial charge in [-0.25, -0.2) is 0 Å². The zero-order valence-electron chi connectivity index (χ0n) is 11.9. The molecule has 1 aromatic heterocycles. The molecule has 1 aromatic rings. The van der Waals surface area contributed by atoms with Gasteiger partial charge in [-0.15, -0.1) is 0 Å². The number of likely N-dealkylation sites (tertiary alicyclic amines) is 1. The quantitative estimate of drug-likeness (QED) is 0.816. The van der Waals surface area contributed by atoms with Gasteiger partial charge in [0.15, 0.2) is 0 Å². The number of hydrogen-bond acceptors (Lipinski definition) is 3. The summed E-state index contributed by atoms with van der Waals surface area (Å²) in [7, 11) is 1.88. The Kier molecular flexibility index (Phi) is 2.89. The second kappa shape index (κ2) is 4.34. The molecule has 3 atom stereocenters. The van der Waals surface area contributed by atoms with Gasteiger partial charge in [-0.05, 0) is 38.5 Å². The van der Waals surface area contributed by atoms with Gasteiger partial charge in [0.05, 0.1) is 11.3 Å². The summed E-state index contributed by atoms with van der Waals surface area (Å²) >= 11 is 0. The van der Waals surface area contributed by atoms with Gasteiger partial charge in [0.1, 0.15) is 0 Å². The van der Waals surface area contributed by atoms with Crippen LogP contribution in [0.15, 0.2) is 0 Å². The number of aryl methyl sites for hydroxylation is 2. The zero-order valence-corrected chi connectivity index (χ0v) is 11.9. The van der Waals surface area contributed by atoms with E-state index in [2.05, 4.69) is 5.10 Å². The van der Waals surface area contributed by atoms with Gasteiger partial charge in [0.25, 0.3) is 5.91 Å². The van der Waals surface area contributed by atoms with E-state index >= 15 is 0 Å². The third-order valence-corrected chi connectivity index (χ3v) is 4.92. The molecule has 1 saturated carbocycles. The van der Waals surface area contributed by atoms with Crippen LogP contribution in [-0.2, 0) is 7.05 Å². The molecule has 1 saturated heterocycles. The van der Waals surface area contributed by atoms with Crippen LogP contribution in [-0.4, -0.2) is 39.7 Å². The summed E-state index contributed by atoms with van der Waals surface area (Å²) in [6.45, 7) is 5.54. The summed E-state index contributed by atoms with van der Waals surface area (Å²) in [4.78, 5) is 14.6. The highest BCUT2D eigenvalue weighted by Gasteiger charge is 2.43. The minimum Gasteiger partial charge on any atom is -0.338 e. The first-order valence-electron chi connectivity index (χ1n) is 7.04. The second-order valence-electron chi connectivity index (χ2n) is 6.04. The van der Waals surface area contributed by atoms with Crippen molar-refractivity contribution < 1.29 is 4.79 Å². The summed E-state index contributed by atoms with van der Waals surface area (Å²) in [5.74, 6) is 1.24. The van der Waals surface area contributed by atoms with Crippen LogP contribution in [0.3, 0.4) is 0 Å². The smallest absolute Gasteiger partial charge is 0.257 e. The lowest BCUT2D eigenvalue weighted by Gasteiger charge is -2.19. The molecule has 5 nitrogen and oxygen atoms in total. The number of nitrogens with two attached hydrogens (primary N) is 1. The number of fused-ring (bicyclic) bond motifs is 1. The molecule has 0 bridgehead atoms. The highest BCUT2D eigenvalue weighted by molar-refractivity contribution is 5.96. The molecule has 0 spiro atoms. The van der Waals surface area contributed by atoms with Gasteiger partial charge in [0.2, 0.25) is 0 Å². The van der Waals surface area contributed by atoms with Crippen LogP contribution < -0.4 is 5.73 Å². The number of rotatable bonds is 1. The van der Waals surface area contributed by atoms with E-state index in [0.717, 1.165) is 36.5 Å². The second-order valence-corrected chi connectivity index (χ2v) is 6.04. The summed E-state index contributed by atoms with van der Waals surface area (Å²) in [6, 6.07) is 0.277. The lowest BCUT2D eigenvalue weighted by molar-refractivity contribution is 0.0778. The van der Waals surface area contributed by atoms with Gasteiger partial charge in [-0.1, -0.05) is 0 Å². The van der Waals surface area contributed by atoms with Crippen molar-refractivity contribution in [2.75, 3.05) is 13.1 Å². The number of hydrogen-bond donors (Lipinski definition) is 1. The maximum absolute atomic E-state index is 12.7. The molecule has 0 radical (unpaired) electrons. The Morgan fingerprint density at radius 3 is 2.63 bits per heavy atom. The Labute approximate surface area is 113 Å². The Bertz CT molecular complexity index is 522. The average molecular weight is 262 g/mol. The molecule has 2 heterocycles. The number of aromatic nitrogens is 2. The Morgan fingerprint density at radius 1 is 1.32 bits per heavy atom. The normalized spacial score (nSPS) is 29.9. The standard InChI is InChI=1S/C14H22N4O/c1-8-13(9(2)17(3)16-8)14(19)18-6-10-4-5-12(15)11(10)7-18/h10-12H,4-7,15H2,1-3H3. The molecule has 2 N–H and O–H groups in total. The fourth-order valence-corrected chi connectivity index (χ4v) is 3.71. The minimum atomic E-state index is 0.129. The topological polar surface area (TPSA) is 64.2 Å². The Morgan fingerprint density at radius 2 is 2.05 bits per heavy atom. The van der Waals surface area contributed by atoms with E-state index in [0.29, 0.717) is 11.8 Å². The third kappa shape index (κ3) is 1.87. The number of amides is 1. The first kappa shape index (κ1) is 12.7. The van der Waals surface area contributed by atoms with Crippen LogP contribution in [0.25, 0.3) is 0 Å². The van der Waals surface area contributed by atoms with Crippen molar-refractivity contribution in [3.05, 3.63) is 17.0 Å². The molecule has 3 unspecified atom stereocenters. The van der Waals surface area contributed by atoms with Gasteiger partial charge >= 0.3 is 0 Å². The zero-order chi connectivity index (χ0) is 13.7. The maximum Gasteiger partial charge on any atom is 0.257 e. The van der Waals surface area contributed by atoms with Crippen LogP contribution in [0.2, 0.25) is 0 Å². The number of carbonyl (C=O) groups is 1. The van der Waals surface area contributed by atoms with Crippen LogP contribution in [0.4, 0.5) is 0 Å². The highest BCUT2D eigenvalue weighted by atomic mass is 16.2. The van der Waals surface area contributed by atoms with E-state index in [1.165, 1.54) is 6.42 Å². The molecule has 2 aliphatic rings. The van der Waals surface area contributed by atoms with Crippen molar-refractivity contribution in [3.8, 4) is 0 Å². The highest BCUT2D eigenvalue weighted by Crippen LogP contribution is 2.37. The predicted octanol–water partition coefficient (Wildman–Crippen LogP) is 0.846. The molecule has 1 aliphatic heterocycles. The van der Waals surface area contributed by atoms with Gasteiger partial charge in [-0.3, -0.25) is 9.48 Å². The van der Waals surface area contributed by atoms with Crippen molar-refractivity contribution in [2.45, 2.75) is 32.7 Å². The van der Waals surface area contributed by atoms with Crippen molar-refractivity contribution in [2.24, 2.45) is 24.6 Å². The van der Waals surface area contributed by atoms with E-state index in [-0.39, 0.29) is 11.9 Å². The molecular weight excluding hydrogens is 240 g/mol. The van der Waals surface area contributed by atoms with Crippen LogP contribution >= 0.6 is 0 Å². The van der Waals surface area contributed by atoms with Crippen LogP contribution in [0, 0.1) is 25.7 Å². The van der Waals surface area contributed by atoms with E-state index in [1.807, 2.05) is 25.8 Å². The summed E-state index contributed by atoms with van der Waals surface area (Å²) < 4.78 is 1.78. The molecule has 5 heteroatoms. The monoisotopic (exact) mass is 262 g/mol. The lowest BCUT2D eigenvalue weighted by atomic mass is 9.98. The first-order valence-corrected chi connectivity index (χ1v) is 7.04. The molecular formula is C14H22N4O. The first-order chi connectivity index (χ1) is 8.99. The fourth-order valence-electron chi connectivity index (χ4n) is 3.71. The Hall–Kier alpha value is -1.36. The van der Waals surface area contributed by atoms with Crippen LogP contribution in [0.1, 0.15) is 34.6 Å². The largest absolute Gasteiger partial charge is 0.338 e. The van der Waals surface area contributed by atoms with Crippen LogP contribution in [0.5, 0.6) is 0 Å². The molecule has 19 heavy (non-hydrogen) atoms. The molecule has 2 fully saturated rings. The number of nitrogens with zero attached hydrogens (tertiary/aromatic N) is 3. The molecule has 104 valence electrons. The van der Waals surface area contributed by atoms with Gasteiger partial charge in [-0.2, -0.15) is 5.10 Å². The SMILES string of the molecule is Cc1nn(C)c(C)c1C(=O)N1CC2CCC(N)C2C1. The van der Waals surface area contributed by atoms with Gasteiger partial charge in [0, 0.05) is 31.9 Å². The Balaban J connectivity index is 1.82. The number of carbonyl (C=O) groups excluding carboxylic acids is 1. The van der Waals surface area contributed by atoms with Crippen molar-refractivity contribution in [1.82, 2.24) is 14.7 Å². The molecule has 0 aromatic carbocycles. The van der Waals surface area contributed by atoms with E-state index in [1.54, 1.807) is 4.68 Å². The summed E-state index contributed by atoms with van der Waals surface area (Å²) in [5, 5.41) is 4.33. The maximum atomic E-state index is 12.7. The summed E-state index contributed by atoms with van der Waals surface area (Å²) in [5.41, 5.74) is 8.68. The molecule has 1 aliphatic carbocycles. The summed E-state index contributed by atoms with van der Waals surface area (Å²) in [6.07, 6.45) is 2.28. The van der Waals surface area contributed by atoms with E-state index in [4.69, 9.17) is 5.73 Å². The van der Waals surface area contributed by atoms with Crippen molar-refractivity contribution >= 4 is 5.91 Å². The predicted molar refractivity (Wildman–Crippen MR) is 72.8 cm³/mol. The van der Waals surface area contributed by atoms with E-state index in [9.17, 15) is 4.79 Å². The fraction of sp³-hybridized carbons (Fsp3) is 0.714. The average Bonchev–Trinajstić information content (AvgIpc) is 2.97. The molecule has 1 amide bonds. The van der Waals surface area contributed by atoms with Crippen molar-refractivity contribution in [1.29, 1.82) is 0 Å². The third-order valence-electron chi connectivity index (χ3n) is 4.92. The lowest BCUT2D eigenvalue weighted by Crippen LogP contribution is -2.34. The van der Waals surface area contributed by atoms with Crippen molar-refractivity contribution in [3.63, 3.8) is 0 Å². The van der Waals surface area contributed by atoms with E-state index < -0.39 is 0 Å².